The fraction of sp³-hybridized carbons (Fsp3) is 0.717. The van der Waals surface area contributed by atoms with Crippen LogP contribution in [0.25, 0.3) is 5.73 Å². The minimum atomic E-state index is -1.44. The number of benzene rings is 1. The molecule has 1 aromatic rings. The SMILES string of the molecule is CC[C@H](C)[C@@H](NC(=O)[C@@H](NC(=O)[C@@H](CC(C)C)NC)[C@@H](C)OC(=O)[C@H](Cc1ccc(OC)cc1)N(C)C(=O)[C@@H]1CCCN1C(=O)[C@@H]([NH-])CC(C)C)[C@@H](O)CC(=O)C[CH-]C(C)C.[Y]. The molecule has 62 heavy (non-hydrogen) atoms. The predicted octanol–water partition coefficient (Wildman–Crippen LogP) is 4.67. The zero-order chi connectivity index (χ0) is 46.1. The van der Waals surface area contributed by atoms with Crippen molar-refractivity contribution in [2.75, 3.05) is 27.7 Å². The van der Waals surface area contributed by atoms with Gasteiger partial charge in [-0.05, 0) is 68.7 Å². The van der Waals surface area contributed by atoms with Crippen LogP contribution in [0.15, 0.2) is 24.3 Å². The summed E-state index contributed by atoms with van der Waals surface area (Å²) in [5.74, 6) is -2.42. The van der Waals surface area contributed by atoms with Crippen molar-refractivity contribution in [2.24, 2.45) is 23.7 Å². The van der Waals surface area contributed by atoms with Crippen LogP contribution >= 0.6 is 0 Å². The number of hydrogen-bond acceptors (Lipinski definition) is 10. The van der Waals surface area contributed by atoms with Crippen LogP contribution in [0.3, 0.4) is 0 Å². The van der Waals surface area contributed by atoms with Gasteiger partial charge < -0.3 is 57.3 Å². The van der Waals surface area contributed by atoms with E-state index in [1.807, 2.05) is 61.8 Å². The summed E-state index contributed by atoms with van der Waals surface area (Å²) < 4.78 is 11.4. The first-order valence-corrected chi connectivity index (χ1v) is 22.1. The molecule has 349 valence electrons. The van der Waals surface area contributed by atoms with E-state index in [1.165, 1.54) is 30.9 Å². The van der Waals surface area contributed by atoms with E-state index >= 15 is 0 Å². The summed E-state index contributed by atoms with van der Waals surface area (Å²) in [5.41, 5.74) is 9.16. The van der Waals surface area contributed by atoms with Crippen molar-refractivity contribution >= 4 is 35.4 Å². The van der Waals surface area contributed by atoms with Gasteiger partial charge in [-0.15, -0.1) is 6.42 Å². The van der Waals surface area contributed by atoms with Crippen molar-refractivity contribution in [3.8, 4) is 5.75 Å². The zero-order valence-corrected chi connectivity index (χ0v) is 42.2. The van der Waals surface area contributed by atoms with Gasteiger partial charge in [0.05, 0.1) is 25.3 Å². The maximum atomic E-state index is 14.5. The molecule has 0 spiro atoms. The number of hydrogen-bond donors (Lipinski definition) is 4. The number of Topliss-reactive ketones (excluding diaryl/α,β-unsaturated/α-hetero) is 1. The Balaban J connectivity index is 0.0000192. The molecule has 1 radical (unpaired) electrons. The minimum absolute atomic E-state index is 0. The number of likely N-dealkylation sites (N-methyl/N-ethyl adjacent to an activating group) is 2. The van der Waals surface area contributed by atoms with Crippen molar-refractivity contribution in [3.63, 3.8) is 0 Å². The van der Waals surface area contributed by atoms with E-state index in [9.17, 15) is 33.9 Å². The largest absolute Gasteiger partial charge is 0.667 e. The summed E-state index contributed by atoms with van der Waals surface area (Å²) in [4.78, 5) is 85.8. The van der Waals surface area contributed by atoms with Gasteiger partial charge in [-0.3, -0.25) is 19.2 Å². The second-order valence-corrected chi connectivity index (χ2v) is 17.9. The van der Waals surface area contributed by atoms with Crippen LogP contribution in [-0.2, 0) is 72.6 Å². The quantitative estimate of drug-likeness (QED) is 0.0746. The van der Waals surface area contributed by atoms with Crippen LogP contribution in [0.5, 0.6) is 5.75 Å². The molecule has 16 heteroatoms. The number of amides is 4. The molecule has 0 saturated carbocycles. The van der Waals surface area contributed by atoms with Crippen molar-refractivity contribution < 1.29 is 76.1 Å². The summed E-state index contributed by atoms with van der Waals surface area (Å²) in [5, 5.41) is 20.0. The maximum Gasteiger partial charge on any atom is 0.329 e. The molecular weight excluding hydrogens is 869 g/mol. The molecule has 4 amide bonds. The molecule has 15 nitrogen and oxygen atoms in total. The topological polar surface area (TPSA) is 207 Å². The van der Waals surface area contributed by atoms with Gasteiger partial charge in [0, 0.05) is 59.1 Å². The van der Waals surface area contributed by atoms with Crippen LogP contribution in [0.4, 0.5) is 0 Å². The van der Waals surface area contributed by atoms with Crippen molar-refractivity contribution in [1.82, 2.24) is 25.8 Å². The first kappa shape index (κ1) is 57.0. The molecule has 0 unspecified atom stereocenters. The summed E-state index contributed by atoms with van der Waals surface area (Å²) in [6, 6.07) is 0.861. The van der Waals surface area contributed by atoms with Gasteiger partial charge in [-0.2, -0.15) is 5.92 Å². The number of aliphatic hydroxyl groups is 1. The third-order valence-electron chi connectivity index (χ3n) is 11.5. The number of ketones is 1. The summed E-state index contributed by atoms with van der Waals surface area (Å²) in [7, 11) is 4.65. The monoisotopic (exact) mass is 945 g/mol. The Kier molecular flexibility index (Phi) is 25.8. The Morgan fingerprint density at radius 1 is 0.952 bits per heavy atom. The second-order valence-electron chi connectivity index (χ2n) is 17.9. The van der Waals surface area contributed by atoms with Gasteiger partial charge in [-0.25, -0.2) is 4.79 Å². The molecule has 5 N–H and O–H groups in total. The molecule has 9 atom stereocenters. The number of likely N-dealkylation sites (tertiary alicyclic amines) is 1. The van der Waals surface area contributed by atoms with Crippen LogP contribution in [0, 0.1) is 30.1 Å². The zero-order valence-electron chi connectivity index (χ0n) is 39.4. The molecule has 0 bridgehead atoms. The standard InChI is InChI=1S/C46H76N6O9.Y/c1-13-30(8)40(39(54)26-33(53)19-16-27(2)3)49-43(56)41(50-42(55)36(48-10)24-29(6)7)31(9)61-46(59)38(25-32-17-20-34(60-12)21-18-32)51(11)45(58)37-15-14-22-52(37)44(57)35(47)23-28(4)5;/h16-18,20-21,27-31,35-41,47-48,54H,13-15,19,22-26H2,1-12H3,(H,49,56)(H,50,55);/q-2;/t30-,31+,35-,36+,37-,38-,39-,40+,41-;/m0./s1. The molecule has 1 fully saturated rings. The van der Waals surface area contributed by atoms with Crippen molar-refractivity contribution in [3.05, 3.63) is 42.0 Å². The summed E-state index contributed by atoms with van der Waals surface area (Å²) >= 11 is 0. The molecule has 2 rings (SSSR count). The van der Waals surface area contributed by atoms with Crippen LogP contribution in [-0.4, -0.2) is 126 Å². The van der Waals surface area contributed by atoms with Gasteiger partial charge in [0.2, 0.25) is 23.6 Å². The first-order chi connectivity index (χ1) is 28.6. The fourth-order valence-electron chi connectivity index (χ4n) is 7.56. The smallest absolute Gasteiger partial charge is 0.329 e. The Morgan fingerprint density at radius 2 is 1.56 bits per heavy atom. The third-order valence-corrected chi connectivity index (χ3v) is 11.5. The van der Waals surface area contributed by atoms with E-state index in [1.54, 1.807) is 31.3 Å². The molecule has 1 aliphatic rings. The Bertz CT molecular complexity index is 1580. The molecular formula is C46H76N6O9Y-2. The summed E-state index contributed by atoms with van der Waals surface area (Å²) in [6.45, 7) is 17.2. The molecule has 1 heterocycles. The average Bonchev–Trinajstić information content (AvgIpc) is 3.70. The normalized spacial score (nSPS) is 17.8. The van der Waals surface area contributed by atoms with Gasteiger partial charge in [-0.1, -0.05) is 86.4 Å². The van der Waals surface area contributed by atoms with Crippen LogP contribution in [0.2, 0.25) is 0 Å². The first-order valence-electron chi connectivity index (χ1n) is 22.1. The van der Waals surface area contributed by atoms with Gasteiger partial charge in [0.1, 0.15) is 35.8 Å². The number of nitrogens with zero attached hydrogens (tertiary/aromatic N) is 2. The Labute approximate surface area is 396 Å². The predicted molar refractivity (Wildman–Crippen MR) is 236 cm³/mol. The molecule has 0 aromatic heterocycles. The van der Waals surface area contributed by atoms with E-state index in [2.05, 4.69) is 16.0 Å². The maximum absolute atomic E-state index is 14.5. The Morgan fingerprint density at radius 3 is 2.10 bits per heavy atom. The Hall–Kier alpha value is -2.98. The number of carbonyl (C=O) groups is 6. The van der Waals surface area contributed by atoms with E-state index in [0.29, 0.717) is 50.0 Å². The average molecular weight is 946 g/mol. The molecule has 0 aliphatic carbocycles. The van der Waals surface area contributed by atoms with Crippen LogP contribution in [0.1, 0.15) is 113 Å². The third kappa shape index (κ3) is 17.9. The van der Waals surface area contributed by atoms with E-state index in [0.717, 1.165) is 0 Å². The fourth-order valence-corrected chi connectivity index (χ4v) is 7.56. The molecule has 1 saturated heterocycles. The number of esters is 1. The van der Waals surface area contributed by atoms with Gasteiger partial charge in [0.15, 0.2) is 0 Å². The minimum Gasteiger partial charge on any atom is -0.667 e. The number of methoxy groups -OCH3 is 1. The van der Waals surface area contributed by atoms with Crippen molar-refractivity contribution in [2.45, 2.75) is 162 Å². The van der Waals surface area contributed by atoms with Gasteiger partial charge in [0.25, 0.3) is 0 Å². The number of carbonyl (C=O) groups excluding carboxylic acids is 6. The van der Waals surface area contributed by atoms with Gasteiger partial charge >= 0.3 is 5.97 Å². The summed E-state index contributed by atoms with van der Waals surface area (Å²) in [6.07, 6.45) is 1.64. The number of ether oxygens (including phenoxy) is 2. The number of aliphatic hydroxyl groups excluding tert-OH is 1. The van der Waals surface area contributed by atoms with E-state index in [4.69, 9.17) is 15.2 Å². The van der Waals surface area contributed by atoms with E-state index < -0.39 is 78.1 Å². The van der Waals surface area contributed by atoms with Crippen LogP contribution < -0.4 is 20.7 Å². The molecule has 1 aromatic carbocycles. The van der Waals surface area contributed by atoms with Crippen molar-refractivity contribution in [1.29, 1.82) is 0 Å². The van der Waals surface area contributed by atoms with E-state index in [-0.39, 0.29) is 81.4 Å². The number of rotatable bonds is 26. The second kappa shape index (κ2) is 28.0. The number of nitrogens with one attached hydrogen (secondary N) is 4. The molecule has 1 aliphatic heterocycles.